The van der Waals surface area contributed by atoms with Gasteiger partial charge in [-0.05, 0) is 35.6 Å². The fourth-order valence-electron chi connectivity index (χ4n) is 4.42. The zero-order valence-electron chi connectivity index (χ0n) is 22.8. The second-order valence-electron chi connectivity index (χ2n) is 10.9. The van der Waals surface area contributed by atoms with Crippen LogP contribution in [0.5, 0.6) is 0 Å². The average molecular weight is 589 g/mol. The Labute approximate surface area is 240 Å². The van der Waals surface area contributed by atoms with Crippen LogP contribution < -0.4 is 10.6 Å². The number of halogens is 5. The number of aromatic nitrogens is 4. The molecule has 7 nitrogen and oxygen atoms in total. The Morgan fingerprint density at radius 3 is 2.60 bits per heavy atom. The third-order valence-corrected chi connectivity index (χ3v) is 7.15. The smallest absolute Gasteiger partial charge is 0.383 e. The third-order valence-electron chi connectivity index (χ3n) is 6.54. The predicted molar refractivity (Wildman–Crippen MR) is 150 cm³/mol. The van der Waals surface area contributed by atoms with Crippen LogP contribution in [0, 0.1) is 22.7 Å². The fourth-order valence-corrected chi connectivity index (χ4v) is 4.92. The van der Waals surface area contributed by atoms with Crippen molar-refractivity contribution in [1.29, 1.82) is 5.26 Å². The van der Waals surface area contributed by atoms with Crippen molar-refractivity contribution in [2.24, 2.45) is 11.3 Å². The lowest BCUT2D eigenvalue weighted by Crippen LogP contribution is -2.20. The van der Waals surface area contributed by atoms with Gasteiger partial charge in [0.25, 0.3) is 0 Å². The molecule has 0 bridgehead atoms. The number of hydrogen-bond donors (Lipinski definition) is 2. The molecule has 0 amide bonds. The second kappa shape index (κ2) is 10.5. The first-order chi connectivity index (χ1) is 19.2. The number of nitrogens with zero attached hydrogens (tertiary/aromatic N) is 5. The van der Waals surface area contributed by atoms with Crippen molar-refractivity contribution < 1.29 is 14.5 Å². The van der Waals surface area contributed by atoms with E-state index < -0.39 is 24.2 Å². The van der Waals surface area contributed by atoms with Crippen molar-refractivity contribution in [3.8, 4) is 6.07 Å². The van der Waals surface area contributed by atoms with Gasteiger partial charge in [0, 0.05) is 28.8 Å². The van der Waals surface area contributed by atoms with E-state index in [1.54, 1.807) is 36.4 Å². The van der Waals surface area contributed by atoms with Crippen LogP contribution in [0.4, 0.5) is 24.5 Å². The lowest BCUT2D eigenvalue weighted by Gasteiger charge is -2.22. The molecular formula is C28H26Cl2F3N7. The van der Waals surface area contributed by atoms with Crippen LogP contribution in [0.3, 0.4) is 0 Å². The molecule has 0 aliphatic heterocycles. The molecule has 3 atom stereocenters. The summed E-state index contributed by atoms with van der Waals surface area (Å²) < 4.78 is 50.4. The number of nitriles is 1. The first-order valence-corrected chi connectivity index (χ1v) is 13.3. The number of hydrogen-bond acceptors (Lipinski definition) is 6. The van der Waals surface area contributed by atoms with E-state index in [-0.39, 0.29) is 27.6 Å². The average Bonchev–Trinajstić information content (AvgIpc) is 3.56. The van der Waals surface area contributed by atoms with E-state index in [1.165, 1.54) is 12.4 Å². The Balaban J connectivity index is 1.60. The van der Waals surface area contributed by atoms with E-state index in [9.17, 15) is 19.8 Å². The molecule has 208 valence electrons. The maximum atomic E-state index is 13.2. The van der Waals surface area contributed by atoms with Gasteiger partial charge in [-0.2, -0.15) is 18.4 Å². The van der Waals surface area contributed by atoms with Crippen molar-refractivity contribution in [2.45, 2.75) is 45.4 Å². The number of rotatable bonds is 7. The van der Waals surface area contributed by atoms with E-state index in [0.29, 0.717) is 39.9 Å². The summed E-state index contributed by atoms with van der Waals surface area (Å²) in [4.78, 5) is 4.37. The molecule has 12 heteroatoms. The molecule has 1 aliphatic rings. The summed E-state index contributed by atoms with van der Waals surface area (Å²) >= 11 is 13.2. The molecule has 2 N–H and O–H groups in total. The molecule has 0 radical (unpaired) electrons. The van der Waals surface area contributed by atoms with Crippen LogP contribution in [0.15, 0.2) is 48.8 Å². The molecule has 1 saturated carbocycles. The van der Waals surface area contributed by atoms with Crippen molar-refractivity contribution in [3.05, 3.63) is 75.7 Å². The Morgan fingerprint density at radius 1 is 1.20 bits per heavy atom. The molecule has 0 saturated heterocycles. The highest BCUT2D eigenvalue weighted by Crippen LogP contribution is 2.53. The first kappa shape index (κ1) is 26.7. The van der Waals surface area contributed by atoms with Gasteiger partial charge in [-0.1, -0.05) is 67.4 Å². The van der Waals surface area contributed by atoms with Crippen molar-refractivity contribution in [2.75, 3.05) is 17.2 Å². The summed E-state index contributed by atoms with van der Waals surface area (Å²) in [6.45, 7) is 6.72. The fraction of sp³-hybridized carbons (Fsp3) is 0.357. The molecular weight excluding hydrogens is 562 g/mol. The highest BCUT2D eigenvalue weighted by atomic mass is 35.5. The van der Waals surface area contributed by atoms with Gasteiger partial charge >= 0.3 is 6.18 Å². The number of pyridine rings is 1. The maximum Gasteiger partial charge on any atom is 0.393 e. The number of alkyl halides is 3. The van der Waals surface area contributed by atoms with E-state index in [1.807, 2.05) is 0 Å². The highest BCUT2D eigenvalue weighted by Gasteiger charge is 2.57. The van der Waals surface area contributed by atoms with Gasteiger partial charge < -0.3 is 10.6 Å². The van der Waals surface area contributed by atoms with Crippen LogP contribution in [0.1, 0.15) is 57.4 Å². The first-order valence-electron chi connectivity index (χ1n) is 13.0. The van der Waals surface area contributed by atoms with Crippen LogP contribution in [0.2, 0.25) is 10.0 Å². The molecule has 1 fully saturated rings. The van der Waals surface area contributed by atoms with Crippen LogP contribution >= 0.6 is 23.2 Å². The largest absolute Gasteiger partial charge is 0.393 e. The summed E-state index contributed by atoms with van der Waals surface area (Å²) in [7, 11) is 0. The quantitative estimate of drug-likeness (QED) is 0.229. The van der Waals surface area contributed by atoms with Gasteiger partial charge in [0.2, 0.25) is 0 Å². The molecule has 4 aromatic rings. The summed E-state index contributed by atoms with van der Waals surface area (Å²) in [5, 5.41) is 25.4. The summed E-state index contributed by atoms with van der Waals surface area (Å²) in [5.74, 6) is -1.51. The number of benzene rings is 2. The molecule has 2 aromatic heterocycles. The summed E-state index contributed by atoms with van der Waals surface area (Å²) in [6.07, 6.45) is -1.65. The Hall–Kier alpha value is -3.55. The van der Waals surface area contributed by atoms with Gasteiger partial charge in [0.05, 0.1) is 47.3 Å². The monoisotopic (exact) mass is 588 g/mol. The van der Waals surface area contributed by atoms with Gasteiger partial charge in [-0.3, -0.25) is 4.98 Å². The standard InChI is InChI=1S/C28H26Cl2F3N7/c1-27(2,3)14-36-24-15(11-34)12-35-25-18(24)8-16(9-21(25)30)37-26(17-6-4-5-7-20(17)29)22-13-40(39-38-22)23-10-19(23)28(31,32)33/h4-9,12-13,19,23,26,37H,10,14H2,1-3H3,(H,35,36)/t19-,23+,26?/m0/s1/i26D. The molecule has 1 aliphatic carbocycles. The molecule has 2 aromatic carbocycles. The third kappa shape index (κ3) is 5.81. The van der Waals surface area contributed by atoms with Crippen LogP contribution in [-0.2, 0) is 0 Å². The van der Waals surface area contributed by atoms with E-state index >= 15 is 0 Å². The van der Waals surface area contributed by atoms with Gasteiger partial charge in [-0.15, -0.1) is 5.10 Å². The minimum Gasteiger partial charge on any atom is -0.383 e. The highest BCUT2D eigenvalue weighted by molar-refractivity contribution is 6.36. The SMILES string of the molecule is [2H]C(Nc1cc(Cl)c2ncc(C#N)c(NCC(C)(C)C)c2c1)(c1cn([C@@H]2C[C@@H]2C(F)(F)F)nn1)c1ccccc1Cl. The van der Waals surface area contributed by atoms with E-state index in [0.717, 1.165) is 4.68 Å². The molecule has 0 spiro atoms. The van der Waals surface area contributed by atoms with Gasteiger partial charge in [-0.25, -0.2) is 4.68 Å². The molecule has 5 rings (SSSR count). The minimum absolute atomic E-state index is 0.0459. The second-order valence-corrected chi connectivity index (χ2v) is 11.8. The molecule has 40 heavy (non-hydrogen) atoms. The maximum absolute atomic E-state index is 13.2. The van der Waals surface area contributed by atoms with Crippen molar-refractivity contribution in [3.63, 3.8) is 0 Å². The Kier molecular flexibility index (Phi) is 6.97. The molecule has 1 unspecified atom stereocenters. The zero-order chi connectivity index (χ0) is 29.7. The predicted octanol–water partition coefficient (Wildman–Crippen LogP) is 7.79. The zero-order valence-corrected chi connectivity index (χ0v) is 23.3. The molecule has 2 heterocycles. The van der Waals surface area contributed by atoms with Crippen LogP contribution in [-0.4, -0.2) is 32.7 Å². The number of nitrogens with one attached hydrogen (secondary N) is 2. The van der Waals surface area contributed by atoms with Gasteiger partial charge in [0.15, 0.2) is 0 Å². The summed E-state index contributed by atoms with van der Waals surface area (Å²) in [5.41, 5.74) is 1.96. The van der Waals surface area contributed by atoms with Crippen LogP contribution in [0.25, 0.3) is 10.9 Å². The normalized spacial score (nSPS) is 19.0. The van der Waals surface area contributed by atoms with Crippen molar-refractivity contribution >= 4 is 45.5 Å². The van der Waals surface area contributed by atoms with E-state index in [4.69, 9.17) is 23.2 Å². The number of fused-ring (bicyclic) bond motifs is 1. The van der Waals surface area contributed by atoms with Gasteiger partial charge in [0.1, 0.15) is 11.8 Å². The Bertz CT molecular complexity index is 1660. The van der Waals surface area contributed by atoms with E-state index in [2.05, 4.69) is 52.8 Å². The van der Waals surface area contributed by atoms with Crippen molar-refractivity contribution in [1.82, 2.24) is 20.0 Å². The lowest BCUT2D eigenvalue weighted by atomic mass is 9.96. The topological polar surface area (TPSA) is 91.5 Å². The Morgan fingerprint density at radius 2 is 1.95 bits per heavy atom. The lowest BCUT2D eigenvalue weighted by molar-refractivity contribution is -0.150. The number of anilines is 2. The minimum atomic E-state index is -4.34. The summed E-state index contributed by atoms with van der Waals surface area (Å²) in [6, 6.07) is 9.35.